The topological polar surface area (TPSA) is 49.3 Å². The van der Waals surface area contributed by atoms with Gasteiger partial charge in [0.05, 0.1) is 21.3 Å². The Bertz CT molecular complexity index is 641. The number of aromatic carboxylic acids is 1. The van der Waals surface area contributed by atoms with Crippen LogP contribution in [0, 0.1) is 0 Å². The summed E-state index contributed by atoms with van der Waals surface area (Å²) in [7, 11) is 0. The van der Waals surface area contributed by atoms with Gasteiger partial charge in [0.25, 0.3) is 0 Å². The Morgan fingerprint density at radius 1 is 1.20 bits per heavy atom. The maximum Gasteiger partial charge on any atom is 0.335 e. The number of halogens is 3. The van der Waals surface area contributed by atoms with Crippen LogP contribution in [0.3, 0.4) is 0 Å². The highest BCUT2D eigenvalue weighted by atomic mass is 79.9. The Kier molecular flexibility index (Phi) is 4.91. The highest BCUT2D eigenvalue weighted by Crippen LogP contribution is 2.30. The zero-order chi connectivity index (χ0) is 14.7. The highest BCUT2D eigenvalue weighted by Gasteiger charge is 2.09. The number of rotatable bonds is 4. The maximum atomic E-state index is 10.9. The first-order chi connectivity index (χ1) is 9.49. The second-order valence-corrected chi connectivity index (χ2v) is 5.73. The maximum absolute atomic E-state index is 10.9. The lowest BCUT2D eigenvalue weighted by Gasteiger charge is -2.11. The third-order valence-electron chi connectivity index (χ3n) is 2.72. The van der Waals surface area contributed by atoms with Gasteiger partial charge in [-0.15, -0.1) is 0 Å². The number of nitrogens with one attached hydrogen (secondary N) is 1. The van der Waals surface area contributed by atoms with Gasteiger partial charge in [-0.3, -0.25) is 0 Å². The van der Waals surface area contributed by atoms with Crippen LogP contribution in [0.15, 0.2) is 40.9 Å². The van der Waals surface area contributed by atoms with E-state index in [0.717, 1.165) is 5.56 Å². The smallest absolute Gasteiger partial charge is 0.335 e. The van der Waals surface area contributed by atoms with Gasteiger partial charge in [-0.2, -0.15) is 0 Å². The normalized spacial score (nSPS) is 10.3. The van der Waals surface area contributed by atoms with E-state index >= 15 is 0 Å². The third-order valence-corrected chi connectivity index (χ3v) is 4.09. The third kappa shape index (κ3) is 3.45. The Hall–Kier alpha value is -1.23. The summed E-state index contributed by atoms with van der Waals surface area (Å²) in [5.41, 5.74) is 1.80. The van der Waals surface area contributed by atoms with E-state index in [2.05, 4.69) is 21.2 Å². The molecule has 6 heteroatoms. The molecule has 2 N–H and O–H groups in total. The average molecular weight is 375 g/mol. The van der Waals surface area contributed by atoms with Crippen molar-refractivity contribution in [3.05, 3.63) is 62.0 Å². The fourth-order valence-corrected chi connectivity index (χ4v) is 2.72. The number of carboxylic acids is 1. The van der Waals surface area contributed by atoms with Crippen LogP contribution >= 0.6 is 39.1 Å². The monoisotopic (exact) mass is 373 g/mol. The Balaban J connectivity index is 2.17. The van der Waals surface area contributed by atoms with E-state index in [1.807, 2.05) is 0 Å². The van der Waals surface area contributed by atoms with E-state index in [4.69, 9.17) is 28.3 Å². The summed E-state index contributed by atoms with van der Waals surface area (Å²) in [5.74, 6) is -0.959. The molecule has 0 aliphatic heterocycles. The molecular weight excluding hydrogens is 365 g/mol. The molecule has 104 valence electrons. The van der Waals surface area contributed by atoms with Crippen LogP contribution in [0.5, 0.6) is 0 Å². The van der Waals surface area contributed by atoms with Gasteiger partial charge in [0.1, 0.15) is 0 Å². The van der Waals surface area contributed by atoms with Crippen LogP contribution in [0.4, 0.5) is 5.69 Å². The van der Waals surface area contributed by atoms with Crippen molar-refractivity contribution in [1.82, 2.24) is 0 Å². The molecule has 20 heavy (non-hydrogen) atoms. The van der Waals surface area contributed by atoms with Crippen molar-refractivity contribution in [2.45, 2.75) is 6.54 Å². The lowest BCUT2D eigenvalue weighted by molar-refractivity contribution is 0.0697. The SMILES string of the molecule is O=C(O)c1ccc(CNc2c(Cl)cccc2Cl)c(Br)c1. The molecule has 0 aromatic heterocycles. The lowest BCUT2D eigenvalue weighted by Crippen LogP contribution is -2.03. The molecule has 0 bridgehead atoms. The number of para-hydroxylation sites is 1. The van der Waals surface area contributed by atoms with E-state index < -0.39 is 5.97 Å². The first-order valence-electron chi connectivity index (χ1n) is 5.68. The average Bonchev–Trinajstić information content (AvgIpc) is 2.39. The zero-order valence-electron chi connectivity index (χ0n) is 10.2. The van der Waals surface area contributed by atoms with Crippen molar-refractivity contribution >= 4 is 50.8 Å². The number of carbonyl (C=O) groups is 1. The molecule has 0 heterocycles. The van der Waals surface area contributed by atoms with E-state index in [-0.39, 0.29) is 5.56 Å². The number of anilines is 1. The lowest BCUT2D eigenvalue weighted by atomic mass is 10.1. The molecule has 0 aliphatic rings. The standard InChI is InChI=1S/C14H10BrCl2NO2/c15-10-6-8(14(19)20)4-5-9(10)7-18-13-11(16)2-1-3-12(13)17/h1-6,18H,7H2,(H,19,20). The van der Waals surface area contributed by atoms with E-state index in [1.54, 1.807) is 36.4 Å². The Morgan fingerprint density at radius 3 is 2.40 bits per heavy atom. The number of carboxylic acid groups (broad SMARTS) is 1. The largest absolute Gasteiger partial charge is 0.478 e. The molecule has 0 saturated carbocycles. The zero-order valence-corrected chi connectivity index (χ0v) is 13.3. The van der Waals surface area contributed by atoms with Crippen LogP contribution in [0.1, 0.15) is 15.9 Å². The summed E-state index contributed by atoms with van der Waals surface area (Å²) < 4.78 is 0.716. The minimum atomic E-state index is -0.959. The van der Waals surface area contributed by atoms with Gasteiger partial charge in [-0.25, -0.2) is 4.79 Å². The molecule has 0 unspecified atom stereocenters. The van der Waals surface area contributed by atoms with Crippen molar-refractivity contribution in [3.8, 4) is 0 Å². The van der Waals surface area contributed by atoms with Gasteiger partial charge in [0.15, 0.2) is 0 Å². The molecule has 2 rings (SSSR count). The summed E-state index contributed by atoms with van der Waals surface area (Å²) in [6.45, 7) is 0.476. The van der Waals surface area contributed by atoms with Gasteiger partial charge in [-0.05, 0) is 29.8 Å². The van der Waals surface area contributed by atoms with Gasteiger partial charge in [0, 0.05) is 11.0 Å². The minimum absolute atomic E-state index is 0.233. The van der Waals surface area contributed by atoms with Crippen molar-refractivity contribution in [3.63, 3.8) is 0 Å². The molecule has 0 aliphatic carbocycles. The van der Waals surface area contributed by atoms with E-state index in [1.165, 1.54) is 0 Å². The van der Waals surface area contributed by atoms with Crippen molar-refractivity contribution in [1.29, 1.82) is 0 Å². The van der Waals surface area contributed by atoms with E-state index in [9.17, 15) is 4.79 Å². The molecule has 0 fully saturated rings. The predicted octanol–water partition coefficient (Wildman–Crippen LogP) is 5.07. The summed E-state index contributed by atoms with van der Waals surface area (Å²) in [6, 6.07) is 10.1. The molecule has 2 aromatic carbocycles. The molecule has 0 radical (unpaired) electrons. The van der Waals surface area contributed by atoms with Crippen LogP contribution in [-0.2, 0) is 6.54 Å². The fourth-order valence-electron chi connectivity index (χ4n) is 1.67. The van der Waals surface area contributed by atoms with E-state index in [0.29, 0.717) is 26.8 Å². The minimum Gasteiger partial charge on any atom is -0.478 e. The Morgan fingerprint density at radius 2 is 1.85 bits per heavy atom. The highest BCUT2D eigenvalue weighted by molar-refractivity contribution is 9.10. The van der Waals surface area contributed by atoms with Crippen molar-refractivity contribution < 1.29 is 9.90 Å². The molecule has 3 nitrogen and oxygen atoms in total. The van der Waals surface area contributed by atoms with Gasteiger partial charge in [-0.1, -0.05) is 51.3 Å². The van der Waals surface area contributed by atoms with Gasteiger partial charge >= 0.3 is 5.97 Å². The molecule has 0 saturated heterocycles. The Labute approximate surface area is 134 Å². The fraction of sp³-hybridized carbons (Fsp3) is 0.0714. The van der Waals surface area contributed by atoms with Crippen molar-refractivity contribution in [2.75, 3.05) is 5.32 Å². The quantitative estimate of drug-likeness (QED) is 0.785. The first kappa shape index (κ1) is 15.2. The van der Waals surface area contributed by atoms with Crippen LogP contribution in [0.25, 0.3) is 0 Å². The summed E-state index contributed by atoms with van der Waals surface area (Å²) in [4.78, 5) is 10.9. The molecule has 0 spiro atoms. The predicted molar refractivity (Wildman–Crippen MR) is 84.9 cm³/mol. The second kappa shape index (κ2) is 6.48. The van der Waals surface area contributed by atoms with Crippen LogP contribution < -0.4 is 5.32 Å². The molecule has 2 aromatic rings. The second-order valence-electron chi connectivity index (χ2n) is 4.06. The van der Waals surface area contributed by atoms with Crippen LogP contribution in [-0.4, -0.2) is 11.1 Å². The first-order valence-corrected chi connectivity index (χ1v) is 7.23. The number of benzene rings is 2. The molecule has 0 amide bonds. The molecule has 0 atom stereocenters. The van der Waals surface area contributed by atoms with Crippen LogP contribution in [0.2, 0.25) is 10.0 Å². The molecular formula is C14H10BrCl2NO2. The summed E-state index contributed by atoms with van der Waals surface area (Å²) >= 11 is 15.5. The van der Waals surface area contributed by atoms with Crippen molar-refractivity contribution in [2.24, 2.45) is 0 Å². The summed E-state index contributed by atoms with van der Waals surface area (Å²) in [5, 5.41) is 13.1. The number of hydrogen-bond acceptors (Lipinski definition) is 2. The summed E-state index contributed by atoms with van der Waals surface area (Å²) in [6.07, 6.45) is 0. The van der Waals surface area contributed by atoms with Gasteiger partial charge < -0.3 is 10.4 Å². The number of hydrogen-bond donors (Lipinski definition) is 2. The van der Waals surface area contributed by atoms with Gasteiger partial charge in [0.2, 0.25) is 0 Å².